The highest BCUT2D eigenvalue weighted by molar-refractivity contribution is 5.53. The summed E-state index contributed by atoms with van der Waals surface area (Å²) < 4.78 is 2.04. The number of aromatic nitrogens is 2. The number of imidazole rings is 1. The Bertz CT molecular complexity index is 634. The van der Waals surface area contributed by atoms with Gasteiger partial charge in [0.05, 0.1) is 17.7 Å². The van der Waals surface area contributed by atoms with Crippen molar-refractivity contribution >= 4 is 5.69 Å². The van der Waals surface area contributed by atoms with E-state index in [1.165, 1.54) is 31.5 Å². The second-order valence-corrected chi connectivity index (χ2v) is 6.44. The summed E-state index contributed by atoms with van der Waals surface area (Å²) in [5.41, 5.74) is 7.10. The minimum Gasteiger partial charge on any atom is -0.324 e. The van der Waals surface area contributed by atoms with Gasteiger partial charge in [-0.05, 0) is 56.0 Å². The molecule has 1 unspecified atom stereocenters. The third-order valence-corrected chi connectivity index (χ3v) is 4.30. The Morgan fingerprint density at radius 2 is 2.23 bits per heavy atom. The Morgan fingerprint density at radius 1 is 1.36 bits per heavy atom. The standard InChI is InChI=1S/C17H25N5/c1-13-4-3-5-21(9-13)11-15-6-16(20-18)8-17(7-15)22-10-14(2)19-12-22/h6-8,10,12-13,20H,3-5,9,11,18H2,1-2H3. The Kier molecular flexibility index (Phi) is 4.45. The zero-order valence-electron chi connectivity index (χ0n) is 13.4. The lowest BCUT2D eigenvalue weighted by molar-refractivity contribution is 0.176. The van der Waals surface area contributed by atoms with Crippen LogP contribution in [0.1, 0.15) is 31.0 Å². The van der Waals surface area contributed by atoms with Crippen molar-refractivity contribution in [1.29, 1.82) is 0 Å². The molecule has 0 bridgehead atoms. The maximum Gasteiger partial charge on any atom is 0.0995 e. The van der Waals surface area contributed by atoms with E-state index in [1.807, 2.05) is 30.1 Å². The first-order valence-electron chi connectivity index (χ1n) is 7.98. The van der Waals surface area contributed by atoms with E-state index < -0.39 is 0 Å². The molecule has 3 rings (SSSR count). The van der Waals surface area contributed by atoms with Gasteiger partial charge in [-0.1, -0.05) is 6.92 Å². The van der Waals surface area contributed by atoms with Crippen LogP contribution in [0.3, 0.4) is 0 Å². The van der Waals surface area contributed by atoms with Crippen molar-refractivity contribution in [2.45, 2.75) is 33.2 Å². The van der Waals surface area contributed by atoms with Gasteiger partial charge >= 0.3 is 0 Å². The van der Waals surface area contributed by atoms with Gasteiger partial charge < -0.3 is 9.99 Å². The molecule has 1 aliphatic heterocycles. The van der Waals surface area contributed by atoms with Crippen LogP contribution >= 0.6 is 0 Å². The molecule has 3 N–H and O–H groups in total. The van der Waals surface area contributed by atoms with E-state index in [1.54, 1.807) is 0 Å². The molecule has 0 radical (unpaired) electrons. The molecule has 5 heteroatoms. The Balaban J connectivity index is 1.84. The molecule has 0 saturated carbocycles. The summed E-state index contributed by atoms with van der Waals surface area (Å²) in [6.45, 7) is 7.67. The Labute approximate surface area is 132 Å². The minimum absolute atomic E-state index is 0.792. The number of piperidine rings is 1. The maximum atomic E-state index is 5.64. The number of nitrogens with two attached hydrogens (primary N) is 1. The number of nitrogen functional groups attached to an aromatic ring is 1. The number of likely N-dealkylation sites (tertiary alicyclic amines) is 1. The van der Waals surface area contributed by atoms with Crippen molar-refractivity contribution < 1.29 is 0 Å². The first-order valence-corrected chi connectivity index (χ1v) is 7.98. The van der Waals surface area contributed by atoms with Crippen molar-refractivity contribution in [2.24, 2.45) is 11.8 Å². The lowest BCUT2D eigenvalue weighted by Crippen LogP contribution is -2.33. The van der Waals surface area contributed by atoms with E-state index in [0.29, 0.717) is 0 Å². The van der Waals surface area contributed by atoms with Gasteiger partial charge in [-0.3, -0.25) is 10.7 Å². The number of nitrogens with one attached hydrogen (secondary N) is 1. The molecule has 118 valence electrons. The Hall–Kier alpha value is -1.85. The fourth-order valence-corrected chi connectivity index (χ4v) is 3.25. The average Bonchev–Trinajstić information content (AvgIpc) is 2.93. The van der Waals surface area contributed by atoms with Crippen molar-refractivity contribution in [1.82, 2.24) is 14.5 Å². The molecular weight excluding hydrogens is 274 g/mol. The summed E-state index contributed by atoms with van der Waals surface area (Å²) in [6.07, 6.45) is 6.52. The van der Waals surface area contributed by atoms with Crippen molar-refractivity contribution in [2.75, 3.05) is 18.5 Å². The zero-order chi connectivity index (χ0) is 15.5. The molecule has 1 aromatic carbocycles. The van der Waals surface area contributed by atoms with E-state index in [0.717, 1.165) is 29.5 Å². The van der Waals surface area contributed by atoms with Crippen LogP contribution in [0, 0.1) is 12.8 Å². The fourth-order valence-electron chi connectivity index (χ4n) is 3.25. The zero-order valence-corrected chi connectivity index (χ0v) is 13.4. The van der Waals surface area contributed by atoms with Crippen LogP contribution in [0.5, 0.6) is 0 Å². The lowest BCUT2D eigenvalue weighted by Gasteiger charge is -2.31. The smallest absolute Gasteiger partial charge is 0.0995 e. The van der Waals surface area contributed by atoms with Gasteiger partial charge in [0.15, 0.2) is 0 Å². The molecular formula is C17H25N5. The molecule has 2 aromatic rings. The van der Waals surface area contributed by atoms with Crippen LogP contribution in [0.15, 0.2) is 30.7 Å². The SMILES string of the molecule is Cc1cn(-c2cc(CN3CCCC(C)C3)cc(NN)c2)cn1. The van der Waals surface area contributed by atoms with Gasteiger partial charge in [0.2, 0.25) is 0 Å². The molecule has 2 heterocycles. The third-order valence-electron chi connectivity index (χ3n) is 4.30. The highest BCUT2D eigenvalue weighted by atomic mass is 15.2. The molecule has 22 heavy (non-hydrogen) atoms. The third kappa shape index (κ3) is 3.48. The summed E-state index contributed by atoms with van der Waals surface area (Å²) in [6, 6.07) is 6.40. The van der Waals surface area contributed by atoms with Crippen LogP contribution in [0.2, 0.25) is 0 Å². The molecule has 0 amide bonds. The monoisotopic (exact) mass is 299 g/mol. The molecule has 1 saturated heterocycles. The van der Waals surface area contributed by atoms with E-state index in [4.69, 9.17) is 5.84 Å². The van der Waals surface area contributed by atoms with Crippen LogP contribution in [0.4, 0.5) is 5.69 Å². The number of nitrogens with zero attached hydrogens (tertiary/aromatic N) is 3. The number of aryl methyl sites for hydroxylation is 1. The molecule has 1 atom stereocenters. The number of hydrazine groups is 1. The van der Waals surface area contributed by atoms with Gasteiger partial charge in [0.25, 0.3) is 0 Å². The predicted molar refractivity (Wildman–Crippen MR) is 89.8 cm³/mol. The molecule has 0 spiro atoms. The summed E-state index contributed by atoms with van der Waals surface area (Å²) in [5, 5.41) is 0. The molecule has 0 aliphatic carbocycles. The molecule has 1 fully saturated rings. The van der Waals surface area contributed by atoms with Gasteiger partial charge in [0, 0.05) is 25.0 Å². The quantitative estimate of drug-likeness (QED) is 0.673. The minimum atomic E-state index is 0.792. The van der Waals surface area contributed by atoms with Crippen LogP contribution < -0.4 is 11.3 Å². The molecule has 1 aliphatic rings. The van der Waals surface area contributed by atoms with Crippen LogP contribution in [0.25, 0.3) is 5.69 Å². The van der Waals surface area contributed by atoms with Crippen molar-refractivity contribution in [3.8, 4) is 5.69 Å². The largest absolute Gasteiger partial charge is 0.324 e. The number of benzene rings is 1. The van der Waals surface area contributed by atoms with Crippen LogP contribution in [-0.2, 0) is 6.54 Å². The van der Waals surface area contributed by atoms with E-state index in [9.17, 15) is 0 Å². The van der Waals surface area contributed by atoms with Crippen molar-refractivity contribution in [3.05, 3.63) is 42.0 Å². The maximum absolute atomic E-state index is 5.64. The number of anilines is 1. The highest BCUT2D eigenvalue weighted by Gasteiger charge is 2.16. The second-order valence-electron chi connectivity index (χ2n) is 6.44. The van der Waals surface area contributed by atoms with Gasteiger partial charge in [-0.15, -0.1) is 0 Å². The van der Waals surface area contributed by atoms with E-state index in [-0.39, 0.29) is 0 Å². The number of rotatable bonds is 4. The summed E-state index contributed by atoms with van der Waals surface area (Å²) in [5.74, 6) is 6.43. The molecule has 1 aromatic heterocycles. The van der Waals surface area contributed by atoms with Gasteiger partial charge in [0.1, 0.15) is 0 Å². The molecule has 5 nitrogen and oxygen atoms in total. The number of hydrogen-bond acceptors (Lipinski definition) is 4. The summed E-state index contributed by atoms with van der Waals surface area (Å²) in [4.78, 5) is 6.84. The first kappa shape index (κ1) is 15.1. The summed E-state index contributed by atoms with van der Waals surface area (Å²) in [7, 11) is 0. The Morgan fingerprint density at radius 3 is 2.91 bits per heavy atom. The fraction of sp³-hybridized carbons (Fsp3) is 0.471. The lowest BCUT2D eigenvalue weighted by atomic mass is 9.99. The van der Waals surface area contributed by atoms with Crippen molar-refractivity contribution in [3.63, 3.8) is 0 Å². The second kappa shape index (κ2) is 6.50. The first-order chi connectivity index (χ1) is 10.6. The van der Waals surface area contributed by atoms with Crippen LogP contribution in [-0.4, -0.2) is 27.5 Å². The van der Waals surface area contributed by atoms with Gasteiger partial charge in [-0.2, -0.15) is 0 Å². The normalized spacial score (nSPS) is 19.3. The topological polar surface area (TPSA) is 59.1 Å². The summed E-state index contributed by atoms with van der Waals surface area (Å²) >= 11 is 0. The predicted octanol–water partition coefficient (Wildman–Crippen LogP) is 2.70. The average molecular weight is 299 g/mol. The highest BCUT2D eigenvalue weighted by Crippen LogP contribution is 2.22. The van der Waals surface area contributed by atoms with E-state index >= 15 is 0 Å². The number of hydrogen-bond donors (Lipinski definition) is 2. The van der Waals surface area contributed by atoms with E-state index in [2.05, 4.69) is 34.4 Å². The van der Waals surface area contributed by atoms with Gasteiger partial charge in [-0.25, -0.2) is 4.98 Å².